The van der Waals surface area contributed by atoms with Crippen molar-refractivity contribution in [1.82, 2.24) is 0 Å². The van der Waals surface area contributed by atoms with Crippen molar-refractivity contribution in [2.75, 3.05) is 11.5 Å². The van der Waals surface area contributed by atoms with Gasteiger partial charge in [-0.2, -0.15) is 20.5 Å². The standard InChI is InChI=1S/C32H24N6O16S4.2Cu.Na/c33-29-25(57(49,50)51)11-23(55(43,44)45)15-3-7-19(31(41)27(15)29)37-35-17-5-1-13(9-21(17)39)14-2-6-18(22(40)10-14)36-38-20-8-4-16-24(56(46,47)48)12-26(58(52,53)54)30(34)28(16)32(20)42;;;/h1-12,39-42H,33-34H2,(H,43,44,45)(H,46,47,48)(H,49,50,51)(H,52,53,54);;;/q;2*+2;+1/p-8. The van der Waals surface area contributed by atoms with Crippen LogP contribution in [-0.2, 0) is 74.6 Å². The predicted octanol–water partition coefficient (Wildman–Crippen LogP) is -1.43. The quantitative estimate of drug-likeness (QED) is 0.0725. The maximum atomic E-state index is 13.2. The predicted molar refractivity (Wildman–Crippen MR) is 187 cm³/mol. The number of nitrogens with two attached hydrogens (primary N) is 2. The van der Waals surface area contributed by atoms with Gasteiger partial charge in [-0.25, -0.2) is 33.7 Å². The summed E-state index contributed by atoms with van der Waals surface area (Å²) in [5, 5.41) is 64.0. The Labute approximate surface area is 387 Å². The van der Waals surface area contributed by atoms with Crippen LogP contribution in [0.3, 0.4) is 0 Å². The van der Waals surface area contributed by atoms with Gasteiger partial charge in [0.1, 0.15) is 40.5 Å². The molecule has 0 amide bonds. The SMILES string of the molecule is Nc1c(S(=O)(=O)[O-])cc(S(=O)(=O)[O-])c2ccc(N=Nc3ccc(-c4ccc(N=Nc5ccc6c(S(=O)(=O)[O-])cc(S(=O)(=O)[O-])c(N)c6c5[O-])c([O-])c4)cc3[O-])c([O-])c12.[Cu+2].[Cu+2].[Na+]. The molecule has 0 saturated carbocycles. The number of nitrogens with zero attached hydrogens (tertiary/aromatic N) is 4. The van der Waals surface area contributed by atoms with Crippen molar-refractivity contribution in [2.45, 2.75) is 19.6 Å². The summed E-state index contributed by atoms with van der Waals surface area (Å²) in [7, 11) is -21.8. The van der Waals surface area contributed by atoms with Crippen LogP contribution in [0.15, 0.2) is 113 Å². The molecule has 0 heterocycles. The van der Waals surface area contributed by atoms with E-state index in [0.29, 0.717) is 0 Å². The molecule has 0 aliphatic carbocycles. The van der Waals surface area contributed by atoms with E-state index in [1.165, 1.54) is 12.1 Å². The minimum Gasteiger partial charge on any atom is -0.871 e. The average Bonchev–Trinajstić information content (AvgIpc) is 3.09. The van der Waals surface area contributed by atoms with Crippen molar-refractivity contribution in [3.05, 3.63) is 72.8 Å². The van der Waals surface area contributed by atoms with Crippen LogP contribution in [0, 0.1) is 0 Å². The first-order valence-electron chi connectivity index (χ1n) is 15.2. The Morgan fingerprint density at radius 1 is 0.410 bits per heavy atom. The van der Waals surface area contributed by atoms with E-state index >= 15 is 0 Å². The number of hydrogen-bond donors (Lipinski definition) is 2. The molecule has 0 aliphatic heterocycles. The van der Waals surface area contributed by atoms with Crippen LogP contribution in [0.5, 0.6) is 23.0 Å². The van der Waals surface area contributed by atoms with Gasteiger partial charge >= 0.3 is 63.7 Å². The first kappa shape index (κ1) is 50.9. The molecule has 0 aromatic heterocycles. The first-order chi connectivity index (χ1) is 26.8. The summed E-state index contributed by atoms with van der Waals surface area (Å²) in [5.74, 6) is -4.07. The van der Waals surface area contributed by atoms with Crippen LogP contribution in [-0.4, -0.2) is 51.9 Å². The number of benzene rings is 6. The third kappa shape index (κ3) is 10.1. The van der Waals surface area contributed by atoms with E-state index in [0.717, 1.165) is 48.5 Å². The Bertz CT molecular complexity index is 3100. The summed E-state index contributed by atoms with van der Waals surface area (Å²) >= 11 is 0. The van der Waals surface area contributed by atoms with E-state index in [1.54, 1.807) is 0 Å². The van der Waals surface area contributed by atoms with Crippen molar-refractivity contribution in [1.29, 1.82) is 0 Å². The fraction of sp³-hybridized carbons (Fsp3) is 0. The molecule has 2 radical (unpaired) electrons. The molecule has 6 rings (SSSR count). The maximum absolute atomic E-state index is 13.2. The number of azo groups is 2. The van der Waals surface area contributed by atoms with Gasteiger partial charge in [0.25, 0.3) is 0 Å². The third-order valence-electron chi connectivity index (χ3n) is 8.26. The first-order valence-corrected chi connectivity index (χ1v) is 20.8. The minimum absolute atomic E-state index is 0. The van der Waals surface area contributed by atoms with E-state index in [9.17, 15) is 72.3 Å². The van der Waals surface area contributed by atoms with Crippen LogP contribution >= 0.6 is 0 Å². The maximum Gasteiger partial charge on any atom is 2.00 e. The topological polar surface area (TPSA) is 423 Å². The Kier molecular flexibility index (Phi) is 15.1. The summed E-state index contributed by atoms with van der Waals surface area (Å²) in [6, 6.07) is 11.0. The molecule has 0 bridgehead atoms. The Morgan fingerprint density at radius 3 is 0.967 bits per heavy atom. The third-order valence-corrected chi connectivity index (χ3v) is 11.8. The van der Waals surface area contributed by atoms with E-state index in [-0.39, 0.29) is 98.3 Å². The minimum atomic E-state index is -5.47. The van der Waals surface area contributed by atoms with Gasteiger partial charge in [0, 0.05) is 21.5 Å². The van der Waals surface area contributed by atoms with Gasteiger partial charge in [0.15, 0.2) is 0 Å². The van der Waals surface area contributed by atoms with Crippen molar-refractivity contribution < 1.29 is 136 Å². The monoisotopic (exact) mass is 1020 g/mol. The average molecular weight is 1020 g/mol. The number of fused-ring (bicyclic) bond motifs is 2. The zero-order valence-electron chi connectivity index (χ0n) is 29.6. The zero-order chi connectivity index (χ0) is 42.9. The summed E-state index contributed by atoms with van der Waals surface area (Å²) in [6.07, 6.45) is 0. The fourth-order valence-corrected chi connectivity index (χ4v) is 8.46. The normalized spacial score (nSPS) is 12.3. The van der Waals surface area contributed by atoms with Crippen molar-refractivity contribution in [3.8, 4) is 34.1 Å². The van der Waals surface area contributed by atoms with Crippen LogP contribution in [0.1, 0.15) is 0 Å². The zero-order valence-corrected chi connectivity index (χ0v) is 36.8. The molecule has 0 saturated heterocycles. The molecular weight excluding hydrogens is 1000 g/mol. The van der Waals surface area contributed by atoms with Crippen LogP contribution in [0.25, 0.3) is 32.7 Å². The summed E-state index contributed by atoms with van der Waals surface area (Å²) in [5.41, 5.74) is 7.91. The summed E-state index contributed by atoms with van der Waals surface area (Å²) in [4.78, 5) is -5.08. The van der Waals surface area contributed by atoms with Crippen molar-refractivity contribution in [2.24, 2.45) is 20.5 Å². The molecule has 61 heavy (non-hydrogen) atoms. The van der Waals surface area contributed by atoms with Crippen molar-refractivity contribution in [3.63, 3.8) is 0 Å². The Balaban J connectivity index is 0.00000331. The molecule has 6 aromatic carbocycles. The molecule has 320 valence electrons. The van der Waals surface area contributed by atoms with Gasteiger partial charge in [-0.15, -0.1) is 0 Å². The molecule has 0 unspecified atom stereocenters. The second-order valence-electron chi connectivity index (χ2n) is 11.8. The van der Waals surface area contributed by atoms with Gasteiger partial charge in [-0.1, -0.05) is 59.4 Å². The molecule has 0 aliphatic rings. The van der Waals surface area contributed by atoms with Crippen molar-refractivity contribution >= 4 is 96.1 Å². The number of hydrogen-bond acceptors (Lipinski definition) is 22. The molecule has 4 N–H and O–H groups in total. The second-order valence-corrected chi connectivity index (χ2v) is 17.2. The van der Waals surface area contributed by atoms with Gasteiger partial charge in [-0.3, -0.25) is 0 Å². The molecule has 6 aromatic rings. The van der Waals surface area contributed by atoms with E-state index in [1.807, 2.05) is 0 Å². The Hall–Kier alpha value is -4.48. The van der Waals surface area contributed by atoms with Gasteiger partial charge in [-0.05, 0) is 47.5 Å². The van der Waals surface area contributed by atoms with E-state index < -0.39 is 127 Å². The smallest absolute Gasteiger partial charge is 0.871 e. The fourth-order valence-electron chi connectivity index (χ4n) is 5.64. The van der Waals surface area contributed by atoms with Crippen LogP contribution in [0.4, 0.5) is 34.1 Å². The molecule has 0 atom stereocenters. The van der Waals surface area contributed by atoms with Gasteiger partial charge < -0.3 is 50.1 Å². The molecule has 22 nitrogen and oxygen atoms in total. The number of rotatable bonds is 9. The largest absolute Gasteiger partial charge is 2.00 e. The molecule has 0 spiro atoms. The molecular formula is C32H16Cu2N6NaO16S4-3. The summed E-state index contributed by atoms with van der Waals surface area (Å²) in [6.45, 7) is 0. The second kappa shape index (κ2) is 18.1. The molecule has 0 fully saturated rings. The summed E-state index contributed by atoms with van der Waals surface area (Å²) < 4.78 is 141. The van der Waals surface area contributed by atoms with E-state index in [2.05, 4.69) is 20.5 Å². The van der Waals surface area contributed by atoms with Crippen LogP contribution in [0.2, 0.25) is 0 Å². The molecule has 29 heteroatoms. The number of nitrogen functional groups attached to an aromatic ring is 2. The van der Waals surface area contributed by atoms with Gasteiger partial charge in [0.2, 0.25) is 0 Å². The number of anilines is 2. The Morgan fingerprint density at radius 2 is 0.689 bits per heavy atom. The van der Waals surface area contributed by atoms with E-state index in [4.69, 9.17) is 11.5 Å². The van der Waals surface area contributed by atoms with Gasteiger partial charge in [0.05, 0.1) is 53.7 Å². The van der Waals surface area contributed by atoms with Crippen LogP contribution < -0.4 is 61.5 Å².